The van der Waals surface area contributed by atoms with Crippen molar-refractivity contribution in [3.8, 4) is 0 Å². The van der Waals surface area contributed by atoms with E-state index in [-0.39, 0.29) is 0 Å². The van der Waals surface area contributed by atoms with Crippen LogP contribution < -0.4 is 5.32 Å². The molecular formula is C16H19NS. The van der Waals surface area contributed by atoms with Crippen LogP contribution >= 0.6 is 11.3 Å². The van der Waals surface area contributed by atoms with Crippen molar-refractivity contribution in [3.63, 3.8) is 0 Å². The Kier molecular flexibility index (Phi) is 3.13. The van der Waals surface area contributed by atoms with Crippen molar-refractivity contribution in [2.75, 3.05) is 5.32 Å². The lowest BCUT2D eigenvalue weighted by Crippen LogP contribution is -2.05. The van der Waals surface area contributed by atoms with Gasteiger partial charge in [-0.1, -0.05) is 6.07 Å². The third-order valence-electron chi connectivity index (χ3n) is 3.67. The van der Waals surface area contributed by atoms with Gasteiger partial charge >= 0.3 is 0 Å². The number of benzene rings is 1. The first kappa shape index (κ1) is 11.8. The predicted molar refractivity (Wildman–Crippen MR) is 79.6 cm³/mol. The van der Waals surface area contributed by atoms with E-state index in [9.17, 15) is 0 Å². The van der Waals surface area contributed by atoms with Gasteiger partial charge in [0.2, 0.25) is 0 Å². The van der Waals surface area contributed by atoms with Gasteiger partial charge in [-0.2, -0.15) is 0 Å². The van der Waals surface area contributed by atoms with E-state index in [1.54, 1.807) is 5.56 Å². The van der Waals surface area contributed by atoms with Gasteiger partial charge in [-0.15, -0.1) is 11.3 Å². The summed E-state index contributed by atoms with van der Waals surface area (Å²) in [5.74, 6) is 0. The minimum Gasteiger partial charge on any atom is -0.378 e. The largest absolute Gasteiger partial charge is 0.378 e. The predicted octanol–water partition coefficient (Wildman–Crippen LogP) is 4.72. The Morgan fingerprint density at radius 1 is 1.11 bits per heavy atom. The molecule has 2 aromatic rings. The molecule has 1 nitrogen and oxygen atoms in total. The number of fused-ring (bicyclic) bond motifs is 1. The normalized spacial score (nSPS) is 15.4. The van der Waals surface area contributed by atoms with Crippen LogP contribution in [0, 0.1) is 6.92 Å². The van der Waals surface area contributed by atoms with Crippen LogP contribution in [0.4, 0.5) is 5.69 Å². The molecule has 1 aromatic carbocycles. The maximum absolute atomic E-state index is 3.61. The molecule has 94 valence electrons. The molecule has 0 saturated heterocycles. The summed E-state index contributed by atoms with van der Waals surface area (Å²) >= 11 is 1.88. The second kappa shape index (κ2) is 4.77. The summed E-state index contributed by atoms with van der Waals surface area (Å²) in [6.45, 7) is 4.40. The Balaban J connectivity index is 1.76. The summed E-state index contributed by atoms with van der Waals surface area (Å²) in [5.41, 5.74) is 4.34. The van der Waals surface area contributed by atoms with Crippen molar-refractivity contribution >= 4 is 17.0 Å². The smallest absolute Gasteiger partial charge is 0.0578 e. The lowest BCUT2D eigenvalue weighted by Gasteiger charge is -2.14. The van der Waals surface area contributed by atoms with Crippen LogP contribution in [0.15, 0.2) is 30.3 Å². The summed E-state index contributed by atoms with van der Waals surface area (Å²) in [6, 6.07) is 11.7. The molecule has 0 bridgehead atoms. The molecule has 0 amide bonds. The average Bonchev–Trinajstić information content (AvgIpc) is 2.96. The van der Waals surface area contributed by atoms with Crippen LogP contribution in [0.3, 0.4) is 0 Å². The minimum absolute atomic E-state index is 0.392. The molecule has 1 atom stereocenters. The summed E-state index contributed by atoms with van der Waals surface area (Å²) < 4.78 is 0. The fraction of sp³-hybridized carbons (Fsp3) is 0.375. The van der Waals surface area contributed by atoms with Gasteiger partial charge in [-0.25, -0.2) is 0 Å². The van der Waals surface area contributed by atoms with Crippen LogP contribution in [0.1, 0.15) is 40.3 Å². The topological polar surface area (TPSA) is 12.0 Å². The lowest BCUT2D eigenvalue weighted by atomic mass is 10.1. The monoisotopic (exact) mass is 257 g/mol. The summed E-state index contributed by atoms with van der Waals surface area (Å²) in [6.07, 6.45) is 3.82. The Hall–Kier alpha value is -1.28. The van der Waals surface area contributed by atoms with Gasteiger partial charge in [-0.05, 0) is 68.5 Å². The first-order chi connectivity index (χ1) is 8.72. The van der Waals surface area contributed by atoms with E-state index in [1.165, 1.54) is 40.3 Å². The van der Waals surface area contributed by atoms with Crippen molar-refractivity contribution in [2.24, 2.45) is 0 Å². The molecule has 1 aliphatic rings. The summed E-state index contributed by atoms with van der Waals surface area (Å²) in [5, 5.41) is 3.61. The number of hydrogen-bond acceptors (Lipinski definition) is 2. The van der Waals surface area contributed by atoms with Gasteiger partial charge in [-0.3, -0.25) is 0 Å². The van der Waals surface area contributed by atoms with Gasteiger partial charge in [0, 0.05) is 15.4 Å². The second-order valence-electron chi connectivity index (χ2n) is 5.15. The second-order valence-corrected chi connectivity index (χ2v) is 6.47. The average molecular weight is 257 g/mol. The maximum atomic E-state index is 3.61. The van der Waals surface area contributed by atoms with E-state index in [4.69, 9.17) is 0 Å². The Bertz CT molecular complexity index is 556. The van der Waals surface area contributed by atoms with E-state index in [1.807, 2.05) is 11.3 Å². The third kappa shape index (κ3) is 2.30. The van der Waals surface area contributed by atoms with Crippen molar-refractivity contribution in [1.82, 2.24) is 0 Å². The van der Waals surface area contributed by atoms with Gasteiger partial charge in [0.1, 0.15) is 0 Å². The zero-order valence-electron chi connectivity index (χ0n) is 11.0. The number of nitrogens with one attached hydrogen (secondary N) is 1. The minimum atomic E-state index is 0.392. The SMILES string of the molecule is Cc1ccc(C(C)Nc2ccc3c(c2)CCC3)s1. The number of aryl methyl sites for hydroxylation is 3. The highest BCUT2D eigenvalue weighted by Crippen LogP contribution is 2.29. The van der Waals surface area contributed by atoms with Crippen LogP contribution in [0.2, 0.25) is 0 Å². The van der Waals surface area contributed by atoms with Crippen LogP contribution in [-0.2, 0) is 12.8 Å². The van der Waals surface area contributed by atoms with E-state index in [0.717, 1.165) is 0 Å². The fourth-order valence-corrected chi connectivity index (χ4v) is 3.55. The molecule has 1 aliphatic carbocycles. The maximum Gasteiger partial charge on any atom is 0.0578 e. The summed E-state index contributed by atoms with van der Waals surface area (Å²) in [7, 11) is 0. The fourth-order valence-electron chi connectivity index (χ4n) is 2.67. The molecule has 18 heavy (non-hydrogen) atoms. The molecule has 0 aliphatic heterocycles. The van der Waals surface area contributed by atoms with Crippen molar-refractivity contribution < 1.29 is 0 Å². The van der Waals surface area contributed by atoms with Crippen LogP contribution in [0.25, 0.3) is 0 Å². The first-order valence-corrected chi connectivity index (χ1v) is 7.49. The zero-order valence-corrected chi connectivity index (χ0v) is 11.8. The number of thiophene rings is 1. The van der Waals surface area contributed by atoms with Gasteiger partial charge in [0.15, 0.2) is 0 Å². The molecule has 0 radical (unpaired) electrons. The van der Waals surface area contributed by atoms with Crippen molar-refractivity contribution in [1.29, 1.82) is 0 Å². The molecule has 3 rings (SSSR count). The zero-order chi connectivity index (χ0) is 12.5. The van der Waals surface area contributed by atoms with Gasteiger partial charge < -0.3 is 5.32 Å². The third-order valence-corrected chi connectivity index (χ3v) is 4.85. The van der Waals surface area contributed by atoms with Gasteiger partial charge in [0.25, 0.3) is 0 Å². The highest BCUT2D eigenvalue weighted by Gasteiger charge is 2.12. The molecular weight excluding hydrogens is 238 g/mol. The van der Waals surface area contributed by atoms with Gasteiger partial charge in [0.05, 0.1) is 6.04 Å². The number of hydrogen-bond donors (Lipinski definition) is 1. The molecule has 1 aromatic heterocycles. The van der Waals surface area contributed by atoms with E-state index < -0.39 is 0 Å². The molecule has 0 fully saturated rings. The lowest BCUT2D eigenvalue weighted by molar-refractivity contribution is 0.905. The Morgan fingerprint density at radius 3 is 2.72 bits per heavy atom. The van der Waals surface area contributed by atoms with E-state index in [0.29, 0.717) is 6.04 Å². The first-order valence-electron chi connectivity index (χ1n) is 6.67. The Labute approximate surface area is 113 Å². The standard InChI is InChI=1S/C16H19NS/c1-11-6-9-16(18-11)12(2)17-15-8-7-13-4-3-5-14(13)10-15/h6-10,12,17H,3-5H2,1-2H3. The quantitative estimate of drug-likeness (QED) is 0.839. The molecule has 1 N–H and O–H groups in total. The highest BCUT2D eigenvalue weighted by molar-refractivity contribution is 7.12. The van der Waals surface area contributed by atoms with E-state index in [2.05, 4.69) is 49.5 Å². The highest BCUT2D eigenvalue weighted by atomic mass is 32.1. The van der Waals surface area contributed by atoms with Crippen LogP contribution in [0.5, 0.6) is 0 Å². The van der Waals surface area contributed by atoms with Crippen molar-refractivity contribution in [3.05, 3.63) is 51.2 Å². The number of anilines is 1. The summed E-state index contributed by atoms with van der Waals surface area (Å²) in [4.78, 5) is 2.79. The van der Waals surface area contributed by atoms with Crippen molar-refractivity contribution in [2.45, 2.75) is 39.2 Å². The molecule has 0 spiro atoms. The molecule has 2 heteroatoms. The Morgan fingerprint density at radius 2 is 1.94 bits per heavy atom. The number of rotatable bonds is 3. The molecule has 1 unspecified atom stereocenters. The van der Waals surface area contributed by atoms with Crippen LogP contribution in [-0.4, -0.2) is 0 Å². The molecule has 1 heterocycles. The molecule has 0 saturated carbocycles. The van der Waals surface area contributed by atoms with E-state index >= 15 is 0 Å².